The molecule has 0 aliphatic carbocycles. The average Bonchev–Trinajstić information content (AvgIpc) is 2.73. The molecule has 0 amide bonds. The minimum Gasteiger partial charge on any atom is -0.386 e. The summed E-state index contributed by atoms with van der Waals surface area (Å²) in [5, 5.41) is 17.7. The number of hydrogen-bond donors (Lipinski definition) is 3. The van der Waals surface area contributed by atoms with Crippen LogP contribution in [0.1, 0.15) is 31.4 Å². The molecule has 1 fully saturated rings. The summed E-state index contributed by atoms with van der Waals surface area (Å²) in [6.45, 7) is 4.66. The van der Waals surface area contributed by atoms with E-state index in [1.54, 1.807) is 18.2 Å². The molecule has 0 saturated carbocycles. The third-order valence-corrected chi connectivity index (χ3v) is 5.38. The molecule has 2 aromatic carbocycles. The van der Waals surface area contributed by atoms with Crippen LogP contribution in [0.5, 0.6) is 0 Å². The monoisotopic (exact) mass is 546 g/mol. The molecule has 2 aromatic rings. The van der Waals surface area contributed by atoms with Gasteiger partial charge in [0, 0.05) is 41.9 Å². The van der Waals surface area contributed by atoms with Crippen molar-refractivity contribution in [1.82, 2.24) is 10.6 Å². The molecule has 1 atom stereocenters. The van der Waals surface area contributed by atoms with Crippen molar-refractivity contribution in [3.63, 3.8) is 0 Å². The van der Waals surface area contributed by atoms with Gasteiger partial charge in [-0.3, -0.25) is 4.99 Å². The van der Waals surface area contributed by atoms with Crippen molar-refractivity contribution in [3.8, 4) is 0 Å². The van der Waals surface area contributed by atoms with Gasteiger partial charge in [-0.2, -0.15) is 0 Å². The first kappa shape index (κ1) is 24.7. The number of aliphatic hydroxyl groups is 1. The number of aliphatic hydroxyl groups excluding tert-OH is 1. The molecule has 164 valence electrons. The molecular formula is C22H29ClFIN4O. The summed E-state index contributed by atoms with van der Waals surface area (Å²) in [4.78, 5) is 6.74. The van der Waals surface area contributed by atoms with Crippen LogP contribution in [0, 0.1) is 5.82 Å². The zero-order valence-corrected chi connectivity index (χ0v) is 20.1. The summed E-state index contributed by atoms with van der Waals surface area (Å²) in [6, 6.07) is 14.3. The van der Waals surface area contributed by atoms with Crippen molar-refractivity contribution in [2.45, 2.75) is 31.9 Å². The van der Waals surface area contributed by atoms with Crippen LogP contribution in [0.4, 0.5) is 10.1 Å². The lowest BCUT2D eigenvalue weighted by molar-refractivity contribution is 0.187. The van der Waals surface area contributed by atoms with E-state index in [2.05, 4.69) is 20.5 Å². The minimum absolute atomic E-state index is 0. The fraction of sp³-hybridized carbons (Fsp3) is 0.409. The predicted octanol–water partition coefficient (Wildman–Crippen LogP) is 4.35. The molecule has 0 bridgehead atoms. The summed E-state index contributed by atoms with van der Waals surface area (Å²) in [7, 11) is 0. The Balaban J connectivity index is 0.00000320. The third-order valence-electron chi connectivity index (χ3n) is 5.04. The average molecular weight is 547 g/mol. The number of rotatable bonds is 6. The number of nitrogens with one attached hydrogen (secondary N) is 2. The van der Waals surface area contributed by atoms with E-state index in [4.69, 9.17) is 11.6 Å². The predicted molar refractivity (Wildman–Crippen MR) is 133 cm³/mol. The van der Waals surface area contributed by atoms with Gasteiger partial charge < -0.3 is 20.6 Å². The van der Waals surface area contributed by atoms with E-state index in [9.17, 15) is 9.50 Å². The molecule has 1 heterocycles. The van der Waals surface area contributed by atoms with Gasteiger partial charge in [-0.1, -0.05) is 35.9 Å². The molecule has 3 rings (SSSR count). The van der Waals surface area contributed by atoms with Gasteiger partial charge >= 0.3 is 0 Å². The Bertz CT molecular complexity index is 830. The number of benzene rings is 2. The number of hydrogen-bond acceptors (Lipinski definition) is 3. The van der Waals surface area contributed by atoms with Gasteiger partial charge in [-0.25, -0.2) is 4.39 Å². The Kier molecular flexibility index (Phi) is 10.1. The highest BCUT2D eigenvalue weighted by molar-refractivity contribution is 14.0. The maximum Gasteiger partial charge on any atom is 0.191 e. The van der Waals surface area contributed by atoms with Crippen LogP contribution in [0.2, 0.25) is 5.02 Å². The van der Waals surface area contributed by atoms with Crippen LogP contribution >= 0.6 is 35.6 Å². The molecule has 1 aliphatic rings. The van der Waals surface area contributed by atoms with Gasteiger partial charge in [0.05, 0.1) is 6.54 Å². The fourth-order valence-corrected chi connectivity index (χ4v) is 3.75. The van der Waals surface area contributed by atoms with Crippen LogP contribution in [-0.4, -0.2) is 43.3 Å². The quantitative estimate of drug-likeness (QED) is 0.286. The largest absolute Gasteiger partial charge is 0.386 e. The topological polar surface area (TPSA) is 59.9 Å². The van der Waals surface area contributed by atoms with Gasteiger partial charge in [0.2, 0.25) is 0 Å². The van der Waals surface area contributed by atoms with Crippen LogP contribution in [0.15, 0.2) is 53.5 Å². The number of guanidine groups is 1. The van der Waals surface area contributed by atoms with Crippen molar-refractivity contribution in [3.05, 3.63) is 64.9 Å². The Morgan fingerprint density at radius 3 is 2.63 bits per heavy atom. The second kappa shape index (κ2) is 12.3. The maximum absolute atomic E-state index is 13.5. The Morgan fingerprint density at radius 1 is 1.23 bits per heavy atom. The summed E-state index contributed by atoms with van der Waals surface area (Å²) >= 11 is 6.16. The fourth-order valence-electron chi connectivity index (χ4n) is 3.49. The maximum atomic E-state index is 13.5. The molecular weight excluding hydrogens is 518 g/mol. The first-order chi connectivity index (χ1) is 14.1. The minimum atomic E-state index is -0.756. The van der Waals surface area contributed by atoms with E-state index in [-0.39, 0.29) is 42.4 Å². The van der Waals surface area contributed by atoms with Crippen molar-refractivity contribution in [1.29, 1.82) is 0 Å². The van der Waals surface area contributed by atoms with E-state index in [1.807, 2.05) is 31.2 Å². The van der Waals surface area contributed by atoms with E-state index in [0.717, 1.165) is 38.2 Å². The third kappa shape index (κ3) is 6.99. The molecule has 5 nitrogen and oxygen atoms in total. The van der Waals surface area contributed by atoms with Gasteiger partial charge in [0.25, 0.3) is 0 Å². The summed E-state index contributed by atoms with van der Waals surface area (Å²) in [5.41, 5.74) is 1.60. The molecule has 0 aromatic heterocycles. The summed E-state index contributed by atoms with van der Waals surface area (Å²) in [6.07, 6.45) is 1.09. The van der Waals surface area contributed by atoms with Crippen LogP contribution < -0.4 is 15.5 Å². The zero-order chi connectivity index (χ0) is 20.6. The SMILES string of the molecule is CCNC(=NCC(O)c1ccccc1Cl)NC1CCN(c2cccc(F)c2)CC1.I. The van der Waals surface area contributed by atoms with Crippen LogP contribution in [0.25, 0.3) is 0 Å². The second-order valence-electron chi connectivity index (χ2n) is 7.14. The van der Waals surface area contributed by atoms with Crippen LogP contribution in [0.3, 0.4) is 0 Å². The van der Waals surface area contributed by atoms with Crippen LogP contribution in [-0.2, 0) is 0 Å². The molecule has 30 heavy (non-hydrogen) atoms. The molecule has 0 spiro atoms. The number of aliphatic imine (C=N–C) groups is 1. The molecule has 1 saturated heterocycles. The van der Waals surface area contributed by atoms with Gasteiger partial charge in [-0.15, -0.1) is 24.0 Å². The molecule has 1 aliphatic heterocycles. The highest BCUT2D eigenvalue weighted by atomic mass is 127. The normalized spacial score (nSPS) is 16.0. The number of piperidine rings is 1. The summed E-state index contributed by atoms with van der Waals surface area (Å²) in [5.74, 6) is 0.476. The van der Waals surface area contributed by atoms with Gasteiger partial charge in [0.1, 0.15) is 11.9 Å². The van der Waals surface area contributed by atoms with Crippen molar-refractivity contribution >= 4 is 47.2 Å². The van der Waals surface area contributed by atoms with Gasteiger partial charge in [-0.05, 0) is 44.0 Å². The van der Waals surface area contributed by atoms with Gasteiger partial charge in [0.15, 0.2) is 5.96 Å². The molecule has 0 radical (unpaired) electrons. The standard InChI is InChI=1S/C22H28ClFN4O.HI/c1-2-25-22(26-15-21(29)19-8-3-4-9-20(19)23)27-17-10-12-28(13-11-17)18-7-5-6-16(24)14-18;/h3-9,14,17,21,29H,2,10-13,15H2,1H3,(H2,25,26,27);1H. The first-order valence-electron chi connectivity index (χ1n) is 10.0. The smallest absolute Gasteiger partial charge is 0.191 e. The Labute approximate surface area is 199 Å². The Hall–Kier alpha value is -1.58. The first-order valence-corrected chi connectivity index (χ1v) is 10.4. The van der Waals surface area contributed by atoms with Crippen molar-refractivity contribution < 1.29 is 9.50 Å². The lowest BCUT2D eigenvalue weighted by Crippen LogP contribution is -2.49. The Morgan fingerprint density at radius 2 is 1.97 bits per heavy atom. The lowest BCUT2D eigenvalue weighted by Gasteiger charge is -2.34. The van der Waals surface area contributed by atoms with E-state index < -0.39 is 6.10 Å². The molecule has 8 heteroatoms. The number of anilines is 1. The lowest BCUT2D eigenvalue weighted by atomic mass is 10.0. The van der Waals surface area contributed by atoms with Crippen molar-refractivity contribution in [2.24, 2.45) is 4.99 Å². The molecule has 3 N–H and O–H groups in total. The van der Waals surface area contributed by atoms with E-state index >= 15 is 0 Å². The highest BCUT2D eigenvalue weighted by Gasteiger charge is 2.21. The summed E-state index contributed by atoms with van der Waals surface area (Å²) < 4.78 is 13.5. The second-order valence-corrected chi connectivity index (χ2v) is 7.55. The van der Waals surface area contributed by atoms with E-state index in [0.29, 0.717) is 16.5 Å². The number of nitrogens with zero attached hydrogens (tertiary/aromatic N) is 2. The zero-order valence-electron chi connectivity index (χ0n) is 17.0. The molecule has 1 unspecified atom stereocenters. The highest BCUT2D eigenvalue weighted by Crippen LogP contribution is 2.23. The van der Waals surface area contributed by atoms with Crippen molar-refractivity contribution in [2.75, 3.05) is 31.1 Å². The number of halogens is 3. The van der Waals surface area contributed by atoms with E-state index in [1.165, 1.54) is 6.07 Å².